The van der Waals surface area contributed by atoms with E-state index >= 15 is 0 Å². The molecule has 1 aliphatic rings. The first kappa shape index (κ1) is 14.6. The molecule has 1 aliphatic carbocycles. The Morgan fingerprint density at radius 2 is 1.74 bits per heavy atom. The van der Waals surface area contributed by atoms with Gasteiger partial charge in [-0.25, -0.2) is 0 Å². The van der Waals surface area contributed by atoms with Crippen LogP contribution < -0.4 is 5.73 Å². The second-order valence-corrected chi connectivity index (χ2v) is 7.48. The monoisotopic (exact) mass is 259 g/mol. The molecule has 0 aromatic heterocycles. The summed E-state index contributed by atoms with van der Waals surface area (Å²) in [6, 6.07) is 6.81. The lowest BCUT2D eigenvalue weighted by Crippen LogP contribution is -2.41. The van der Waals surface area contributed by atoms with Gasteiger partial charge in [-0.2, -0.15) is 0 Å². The number of nitrogens with two attached hydrogens (primary N) is 1. The third kappa shape index (κ3) is 3.82. The standard InChI is InChI=1S/C18H29N/c1-14-6-7-16(12-15(14)2)13-18(19)9-5-8-17(3,4)10-11-18/h6-7,12H,5,8-11,13,19H2,1-4H3. The van der Waals surface area contributed by atoms with E-state index in [4.69, 9.17) is 5.73 Å². The van der Waals surface area contributed by atoms with Crippen molar-refractivity contribution in [3.05, 3.63) is 34.9 Å². The lowest BCUT2D eigenvalue weighted by molar-refractivity contribution is 0.297. The van der Waals surface area contributed by atoms with Gasteiger partial charge in [0.25, 0.3) is 0 Å². The third-order valence-electron chi connectivity index (χ3n) is 4.96. The highest BCUT2D eigenvalue weighted by atomic mass is 14.7. The average Bonchev–Trinajstić information content (AvgIpc) is 2.44. The topological polar surface area (TPSA) is 26.0 Å². The second kappa shape index (κ2) is 5.28. The van der Waals surface area contributed by atoms with Crippen molar-refractivity contribution < 1.29 is 0 Å². The predicted octanol–water partition coefficient (Wildman–Crippen LogP) is 4.53. The fourth-order valence-corrected chi connectivity index (χ4v) is 3.25. The Bertz CT molecular complexity index is 447. The molecule has 0 amide bonds. The summed E-state index contributed by atoms with van der Waals surface area (Å²) in [6.07, 6.45) is 7.21. The quantitative estimate of drug-likeness (QED) is 0.776. The van der Waals surface area contributed by atoms with Gasteiger partial charge in [0.15, 0.2) is 0 Å². The van der Waals surface area contributed by atoms with Crippen LogP contribution in [0.15, 0.2) is 18.2 Å². The van der Waals surface area contributed by atoms with Crippen molar-refractivity contribution in [2.75, 3.05) is 0 Å². The molecule has 0 saturated heterocycles. The molecule has 1 saturated carbocycles. The van der Waals surface area contributed by atoms with Crippen molar-refractivity contribution >= 4 is 0 Å². The first-order chi connectivity index (χ1) is 8.80. The van der Waals surface area contributed by atoms with E-state index in [2.05, 4.69) is 45.9 Å². The lowest BCUT2D eigenvalue weighted by atomic mass is 9.81. The Morgan fingerprint density at radius 3 is 2.42 bits per heavy atom. The van der Waals surface area contributed by atoms with Crippen molar-refractivity contribution in [1.29, 1.82) is 0 Å². The first-order valence-electron chi connectivity index (χ1n) is 7.65. The van der Waals surface area contributed by atoms with Gasteiger partial charge in [-0.15, -0.1) is 0 Å². The zero-order valence-corrected chi connectivity index (χ0v) is 13.1. The second-order valence-electron chi connectivity index (χ2n) is 7.48. The van der Waals surface area contributed by atoms with Gasteiger partial charge in [-0.1, -0.05) is 38.5 Å². The summed E-state index contributed by atoms with van der Waals surface area (Å²) in [4.78, 5) is 0. The maximum absolute atomic E-state index is 6.70. The first-order valence-corrected chi connectivity index (χ1v) is 7.65. The SMILES string of the molecule is Cc1ccc(CC2(N)CCCC(C)(C)CC2)cc1C. The highest BCUT2D eigenvalue weighted by Gasteiger charge is 2.32. The normalized spacial score (nSPS) is 27.0. The number of benzene rings is 1. The average molecular weight is 259 g/mol. The minimum Gasteiger partial charge on any atom is -0.325 e. The number of aryl methyl sites for hydroxylation is 2. The molecule has 1 heteroatoms. The van der Waals surface area contributed by atoms with E-state index in [0.29, 0.717) is 5.41 Å². The molecule has 0 aliphatic heterocycles. The molecular weight excluding hydrogens is 230 g/mol. The Balaban J connectivity index is 2.10. The Hall–Kier alpha value is -0.820. The number of hydrogen-bond donors (Lipinski definition) is 1. The maximum atomic E-state index is 6.70. The minimum absolute atomic E-state index is 0.00939. The van der Waals surface area contributed by atoms with E-state index in [1.54, 1.807) is 0 Å². The van der Waals surface area contributed by atoms with E-state index in [1.165, 1.54) is 42.4 Å². The van der Waals surface area contributed by atoms with Gasteiger partial charge in [-0.05, 0) is 68.1 Å². The Kier molecular flexibility index (Phi) is 4.06. The van der Waals surface area contributed by atoms with Crippen LogP contribution in [0.1, 0.15) is 62.6 Å². The van der Waals surface area contributed by atoms with Crippen LogP contribution in [0.2, 0.25) is 0 Å². The highest BCUT2D eigenvalue weighted by Crippen LogP contribution is 2.38. The molecule has 19 heavy (non-hydrogen) atoms. The molecule has 1 aromatic carbocycles. The number of rotatable bonds is 2. The van der Waals surface area contributed by atoms with Crippen molar-refractivity contribution in [2.45, 2.75) is 71.8 Å². The van der Waals surface area contributed by atoms with Crippen LogP contribution in [0.5, 0.6) is 0 Å². The fourth-order valence-electron chi connectivity index (χ4n) is 3.25. The molecule has 1 fully saturated rings. The van der Waals surface area contributed by atoms with Gasteiger partial charge in [-0.3, -0.25) is 0 Å². The van der Waals surface area contributed by atoms with Crippen LogP contribution >= 0.6 is 0 Å². The molecule has 2 N–H and O–H groups in total. The van der Waals surface area contributed by atoms with Crippen LogP contribution in [0, 0.1) is 19.3 Å². The third-order valence-corrected chi connectivity index (χ3v) is 4.96. The molecule has 1 atom stereocenters. The van der Waals surface area contributed by atoms with Crippen LogP contribution in [-0.2, 0) is 6.42 Å². The lowest BCUT2D eigenvalue weighted by Gasteiger charge is -2.29. The maximum Gasteiger partial charge on any atom is 0.0195 e. The van der Waals surface area contributed by atoms with E-state index in [-0.39, 0.29) is 5.54 Å². The van der Waals surface area contributed by atoms with Crippen molar-refractivity contribution in [2.24, 2.45) is 11.1 Å². The van der Waals surface area contributed by atoms with Gasteiger partial charge in [0.2, 0.25) is 0 Å². The van der Waals surface area contributed by atoms with E-state index in [0.717, 1.165) is 12.8 Å². The van der Waals surface area contributed by atoms with E-state index in [1.807, 2.05) is 0 Å². The molecule has 0 bridgehead atoms. The molecule has 0 spiro atoms. The summed E-state index contributed by atoms with van der Waals surface area (Å²) in [6.45, 7) is 9.13. The molecule has 2 rings (SSSR count). The summed E-state index contributed by atoms with van der Waals surface area (Å²) >= 11 is 0. The molecule has 1 aromatic rings. The van der Waals surface area contributed by atoms with Crippen LogP contribution in [-0.4, -0.2) is 5.54 Å². The van der Waals surface area contributed by atoms with E-state index in [9.17, 15) is 0 Å². The van der Waals surface area contributed by atoms with Gasteiger partial charge in [0, 0.05) is 5.54 Å². The van der Waals surface area contributed by atoms with Gasteiger partial charge >= 0.3 is 0 Å². The van der Waals surface area contributed by atoms with Gasteiger partial charge in [0.1, 0.15) is 0 Å². The van der Waals surface area contributed by atoms with Crippen molar-refractivity contribution in [1.82, 2.24) is 0 Å². The fraction of sp³-hybridized carbons (Fsp3) is 0.667. The smallest absolute Gasteiger partial charge is 0.0195 e. The largest absolute Gasteiger partial charge is 0.325 e. The van der Waals surface area contributed by atoms with Crippen LogP contribution in [0.25, 0.3) is 0 Å². The summed E-state index contributed by atoms with van der Waals surface area (Å²) in [5, 5.41) is 0. The zero-order chi connectivity index (χ0) is 14.1. The number of hydrogen-bond acceptors (Lipinski definition) is 1. The van der Waals surface area contributed by atoms with Crippen LogP contribution in [0.3, 0.4) is 0 Å². The molecule has 0 radical (unpaired) electrons. The molecule has 1 unspecified atom stereocenters. The summed E-state index contributed by atoms with van der Waals surface area (Å²) in [5.41, 5.74) is 11.4. The Morgan fingerprint density at radius 1 is 1.00 bits per heavy atom. The summed E-state index contributed by atoms with van der Waals surface area (Å²) < 4.78 is 0. The van der Waals surface area contributed by atoms with Gasteiger partial charge in [0.05, 0.1) is 0 Å². The van der Waals surface area contributed by atoms with E-state index < -0.39 is 0 Å². The summed E-state index contributed by atoms with van der Waals surface area (Å²) in [5.74, 6) is 0. The summed E-state index contributed by atoms with van der Waals surface area (Å²) in [7, 11) is 0. The van der Waals surface area contributed by atoms with Gasteiger partial charge < -0.3 is 5.73 Å². The van der Waals surface area contributed by atoms with Crippen LogP contribution in [0.4, 0.5) is 0 Å². The zero-order valence-electron chi connectivity index (χ0n) is 13.1. The predicted molar refractivity (Wildman–Crippen MR) is 83.4 cm³/mol. The molecule has 0 heterocycles. The molecule has 1 nitrogen and oxygen atoms in total. The highest BCUT2D eigenvalue weighted by molar-refractivity contribution is 5.31. The van der Waals surface area contributed by atoms with Crippen molar-refractivity contribution in [3.8, 4) is 0 Å². The molecule has 106 valence electrons. The minimum atomic E-state index is 0.00939. The molecular formula is C18H29N. The Labute approximate surface area is 118 Å². The van der Waals surface area contributed by atoms with Crippen molar-refractivity contribution in [3.63, 3.8) is 0 Å².